The van der Waals surface area contributed by atoms with Gasteiger partial charge in [0.2, 0.25) is 0 Å². The first-order chi connectivity index (χ1) is 9.73. The minimum absolute atomic E-state index is 0.386. The maximum atomic E-state index is 4.22. The van der Waals surface area contributed by atoms with Gasteiger partial charge in [-0.05, 0) is 31.2 Å². The highest BCUT2D eigenvalue weighted by molar-refractivity contribution is 4.92. The molecular weight excluding hydrogens is 250 g/mol. The van der Waals surface area contributed by atoms with Gasteiger partial charge in [0.05, 0.1) is 6.54 Å². The molecule has 5 nitrogen and oxygen atoms in total. The summed E-state index contributed by atoms with van der Waals surface area (Å²) < 4.78 is 2.17. The van der Waals surface area contributed by atoms with Crippen molar-refractivity contribution in [2.75, 3.05) is 26.2 Å². The normalized spacial score (nSPS) is 16.4. The van der Waals surface area contributed by atoms with Gasteiger partial charge in [-0.1, -0.05) is 20.8 Å². The van der Waals surface area contributed by atoms with Gasteiger partial charge in [-0.25, -0.2) is 0 Å². The summed E-state index contributed by atoms with van der Waals surface area (Å²) in [6.07, 6.45) is 5.51. The quantitative estimate of drug-likeness (QED) is 0.738. The summed E-state index contributed by atoms with van der Waals surface area (Å²) in [5.74, 6) is 1.11. The number of hydrogen-bond acceptors (Lipinski definition) is 4. The molecule has 1 aliphatic heterocycles. The van der Waals surface area contributed by atoms with Crippen LogP contribution in [0.2, 0.25) is 0 Å². The third-order valence-corrected chi connectivity index (χ3v) is 4.70. The molecule has 20 heavy (non-hydrogen) atoms. The van der Waals surface area contributed by atoms with E-state index in [1.54, 1.807) is 0 Å². The van der Waals surface area contributed by atoms with Crippen LogP contribution in [0.1, 0.15) is 45.9 Å². The summed E-state index contributed by atoms with van der Waals surface area (Å²) >= 11 is 0. The zero-order chi connectivity index (χ0) is 14.4. The van der Waals surface area contributed by atoms with Crippen LogP contribution in [-0.2, 0) is 13.1 Å². The molecule has 0 unspecified atom stereocenters. The van der Waals surface area contributed by atoms with Gasteiger partial charge in [0.1, 0.15) is 12.2 Å². The van der Waals surface area contributed by atoms with E-state index >= 15 is 0 Å². The third kappa shape index (κ3) is 3.58. The van der Waals surface area contributed by atoms with Crippen molar-refractivity contribution in [2.24, 2.45) is 5.41 Å². The molecule has 0 atom stereocenters. The van der Waals surface area contributed by atoms with Crippen LogP contribution in [0.25, 0.3) is 0 Å². The van der Waals surface area contributed by atoms with Gasteiger partial charge in [-0.15, -0.1) is 10.2 Å². The number of nitrogens with zero attached hydrogens (tertiary/aromatic N) is 4. The fraction of sp³-hybridized carbons (Fsp3) is 0.867. The van der Waals surface area contributed by atoms with Crippen molar-refractivity contribution in [1.82, 2.24) is 25.0 Å². The highest BCUT2D eigenvalue weighted by Crippen LogP contribution is 2.28. The number of hydrogen-bond donors (Lipinski definition) is 1. The molecule has 0 amide bonds. The number of rotatable bonds is 8. The lowest BCUT2D eigenvalue weighted by Gasteiger charge is -2.39. The Labute approximate surface area is 122 Å². The first kappa shape index (κ1) is 15.4. The van der Waals surface area contributed by atoms with Crippen LogP contribution in [0.5, 0.6) is 0 Å². The van der Waals surface area contributed by atoms with Gasteiger partial charge in [0, 0.05) is 26.2 Å². The molecular formula is C15H29N5. The van der Waals surface area contributed by atoms with Crippen molar-refractivity contribution >= 4 is 0 Å². The maximum Gasteiger partial charge on any atom is 0.147 e. The molecule has 0 aromatic carbocycles. The van der Waals surface area contributed by atoms with E-state index in [9.17, 15) is 0 Å². The molecule has 1 aromatic heterocycles. The van der Waals surface area contributed by atoms with Crippen LogP contribution >= 0.6 is 0 Å². The summed E-state index contributed by atoms with van der Waals surface area (Å²) in [7, 11) is 0. The predicted octanol–water partition coefficient (Wildman–Crippen LogP) is 1.90. The molecule has 0 fully saturated rings. The molecule has 2 rings (SSSR count). The van der Waals surface area contributed by atoms with E-state index in [2.05, 4.69) is 45.8 Å². The third-order valence-electron chi connectivity index (χ3n) is 4.70. The summed E-state index contributed by atoms with van der Waals surface area (Å²) in [6.45, 7) is 13.3. The average Bonchev–Trinajstić information content (AvgIpc) is 2.94. The first-order valence-corrected chi connectivity index (χ1v) is 8.02. The second-order valence-corrected chi connectivity index (χ2v) is 6.04. The monoisotopic (exact) mass is 279 g/mol. The molecule has 1 aromatic rings. The van der Waals surface area contributed by atoms with Crippen LogP contribution in [0, 0.1) is 5.41 Å². The largest absolute Gasteiger partial charge is 0.316 e. The molecule has 2 heterocycles. The second kappa shape index (κ2) is 7.18. The van der Waals surface area contributed by atoms with Crippen molar-refractivity contribution in [3.05, 3.63) is 12.2 Å². The Morgan fingerprint density at radius 1 is 1.25 bits per heavy atom. The molecule has 1 aliphatic rings. The molecule has 1 N–H and O–H groups in total. The average molecular weight is 279 g/mol. The van der Waals surface area contributed by atoms with Crippen molar-refractivity contribution < 1.29 is 0 Å². The second-order valence-electron chi connectivity index (χ2n) is 6.04. The van der Waals surface area contributed by atoms with E-state index in [0.29, 0.717) is 5.41 Å². The molecule has 0 radical (unpaired) electrons. The van der Waals surface area contributed by atoms with Gasteiger partial charge < -0.3 is 9.88 Å². The van der Waals surface area contributed by atoms with Gasteiger partial charge >= 0.3 is 0 Å². The zero-order valence-electron chi connectivity index (χ0n) is 13.2. The lowest BCUT2D eigenvalue weighted by atomic mass is 9.81. The van der Waals surface area contributed by atoms with Gasteiger partial charge in [-0.2, -0.15) is 0 Å². The Hall–Kier alpha value is -0.940. The predicted molar refractivity (Wildman–Crippen MR) is 81.5 cm³/mol. The molecule has 0 bridgehead atoms. The van der Waals surface area contributed by atoms with Gasteiger partial charge in [-0.3, -0.25) is 4.90 Å². The van der Waals surface area contributed by atoms with Crippen molar-refractivity contribution in [2.45, 2.75) is 53.1 Å². The summed E-state index contributed by atoms with van der Waals surface area (Å²) in [5, 5.41) is 11.9. The standard InChI is InChI=1S/C15H29N5/c1-4-7-16-11-15(5-2,6-3)12-19-8-9-20-13-17-18-14(20)10-19/h13,16H,4-12H2,1-3H3. The van der Waals surface area contributed by atoms with E-state index in [1.807, 2.05) is 6.33 Å². The topological polar surface area (TPSA) is 46.0 Å². The van der Waals surface area contributed by atoms with Crippen LogP contribution in [0.3, 0.4) is 0 Å². The molecule has 114 valence electrons. The molecule has 0 saturated carbocycles. The molecule has 0 aliphatic carbocycles. The van der Waals surface area contributed by atoms with E-state index in [0.717, 1.165) is 45.1 Å². The van der Waals surface area contributed by atoms with E-state index in [1.165, 1.54) is 19.3 Å². The Kier molecular flexibility index (Phi) is 5.54. The fourth-order valence-corrected chi connectivity index (χ4v) is 3.04. The first-order valence-electron chi connectivity index (χ1n) is 8.02. The van der Waals surface area contributed by atoms with Gasteiger partial charge in [0.15, 0.2) is 0 Å². The summed E-state index contributed by atoms with van der Waals surface area (Å²) in [4.78, 5) is 2.55. The lowest BCUT2D eigenvalue weighted by Crippen LogP contribution is -2.46. The molecule has 0 saturated heterocycles. The SMILES string of the molecule is CCCNCC(CC)(CC)CN1CCn2cnnc2C1. The van der Waals surface area contributed by atoms with Crippen molar-refractivity contribution in [3.8, 4) is 0 Å². The van der Waals surface area contributed by atoms with Crippen molar-refractivity contribution in [1.29, 1.82) is 0 Å². The minimum Gasteiger partial charge on any atom is -0.316 e. The van der Waals surface area contributed by atoms with Crippen LogP contribution < -0.4 is 5.32 Å². The van der Waals surface area contributed by atoms with E-state index in [4.69, 9.17) is 0 Å². The highest BCUT2D eigenvalue weighted by Gasteiger charge is 2.30. The van der Waals surface area contributed by atoms with E-state index in [-0.39, 0.29) is 0 Å². The molecule has 0 spiro atoms. The summed E-state index contributed by atoms with van der Waals surface area (Å²) in [6, 6.07) is 0. The Bertz CT molecular complexity index is 397. The van der Waals surface area contributed by atoms with Crippen LogP contribution in [-0.4, -0.2) is 45.8 Å². The number of fused-ring (bicyclic) bond motifs is 1. The van der Waals surface area contributed by atoms with Gasteiger partial charge in [0.25, 0.3) is 0 Å². The van der Waals surface area contributed by atoms with Crippen LogP contribution in [0.15, 0.2) is 6.33 Å². The Morgan fingerprint density at radius 2 is 2.05 bits per heavy atom. The smallest absolute Gasteiger partial charge is 0.147 e. The van der Waals surface area contributed by atoms with Crippen molar-refractivity contribution in [3.63, 3.8) is 0 Å². The summed E-state index contributed by atoms with van der Waals surface area (Å²) in [5.41, 5.74) is 0.386. The lowest BCUT2D eigenvalue weighted by molar-refractivity contribution is 0.110. The van der Waals surface area contributed by atoms with E-state index < -0.39 is 0 Å². The Balaban J connectivity index is 1.94. The molecule has 5 heteroatoms. The number of aromatic nitrogens is 3. The zero-order valence-corrected chi connectivity index (χ0v) is 13.2. The fourth-order valence-electron chi connectivity index (χ4n) is 3.04. The highest BCUT2D eigenvalue weighted by atomic mass is 15.3. The Morgan fingerprint density at radius 3 is 2.75 bits per heavy atom. The minimum atomic E-state index is 0.386. The maximum absolute atomic E-state index is 4.22. The van der Waals surface area contributed by atoms with Crippen LogP contribution in [0.4, 0.5) is 0 Å². The number of nitrogens with one attached hydrogen (secondary N) is 1.